The van der Waals surface area contributed by atoms with Gasteiger partial charge in [-0.15, -0.1) is 11.6 Å². The first-order valence-electron chi connectivity index (χ1n) is 11.7. The van der Waals surface area contributed by atoms with Crippen molar-refractivity contribution in [1.29, 1.82) is 0 Å². The number of halogens is 2. The third kappa shape index (κ3) is 3.90. The number of nitrogens with zero attached hydrogens (tertiary/aromatic N) is 5. The molecule has 0 bridgehead atoms. The Kier molecular flexibility index (Phi) is 5.45. The highest BCUT2D eigenvalue weighted by atomic mass is 35.5. The van der Waals surface area contributed by atoms with E-state index in [0.717, 1.165) is 11.3 Å². The van der Waals surface area contributed by atoms with Crippen molar-refractivity contribution in [3.63, 3.8) is 0 Å². The zero-order valence-electron chi connectivity index (χ0n) is 19.5. The number of aliphatic hydroxyl groups is 1. The molecular weight excluding hydrogens is 487 g/mol. The van der Waals surface area contributed by atoms with Gasteiger partial charge >= 0.3 is 0 Å². The number of nitrogens with one attached hydrogen (secondary N) is 1. The Hall–Kier alpha value is -3.50. The van der Waals surface area contributed by atoms with Gasteiger partial charge in [0.15, 0.2) is 0 Å². The number of anilines is 2. The van der Waals surface area contributed by atoms with E-state index in [-0.39, 0.29) is 23.8 Å². The largest absolute Gasteiger partial charge is 0.396 e. The molecule has 1 saturated carbocycles. The SMILES string of the molecule is Cc1ccc(-c2noc([C@H]3C[C@@H]3F)n2)cc1NC(=O)c1cnn2ccc(N3CC(CO)(CCl)C3)cc12. The lowest BCUT2D eigenvalue weighted by atomic mass is 9.82. The van der Waals surface area contributed by atoms with Gasteiger partial charge in [0.1, 0.15) is 6.17 Å². The van der Waals surface area contributed by atoms with Gasteiger partial charge in [-0.2, -0.15) is 10.1 Å². The van der Waals surface area contributed by atoms with Crippen LogP contribution in [-0.4, -0.2) is 62.5 Å². The summed E-state index contributed by atoms with van der Waals surface area (Å²) < 4.78 is 20.2. The molecule has 11 heteroatoms. The highest BCUT2D eigenvalue weighted by Gasteiger charge is 2.43. The van der Waals surface area contributed by atoms with Crippen LogP contribution in [0.1, 0.15) is 34.2 Å². The fourth-order valence-corrected chi connectivity index (χ4v) is 4.78. The monoisotopic (exact) mass is 510 g/mol. The molecule has 2 aliphatic rings. The Bertz CT molecular complexity index is 1460. The van der Waals surface area contributed by atoms with Crippen LogP contribution < -0.4 is 10.2 Å². The second-order valence-electron chi connectivity index (χ2n) is 9.72. The zero-order valence-corrected chi connectivity index (χ0v) is 20.2. The van der Waals surface area contributed by atoms with Gasteiger partial charge in [-0.3, -0.25) is 4.79 Å². The van der Waals surface area contributed by atoms with E-state index in [1.807, 2.05) is 37.4 Å². The van der Waals surface area contributed by atoms with Crippen LogP contribution in [0.25, 0.3) is 16.9 Å². The highest BCUT2D eigenvalue weighted by Crippen LogP contribution is 2.43. The Morgan fingerprint density at radius 2 is 2.14 bits per heavy atom. The second kappa shape index (κ2) is 8.56. The van der Waals surface area contributed by atoms with Crippen LogP contribution in [0.4, 0.5) is 15.8 Å². The first kappa shape index (κ1) is 22.9. The predicted octanol–water partition coefficient (Wildman–Crippen LogP) is 3.81. The molecule has 1 saturated heterocycles. The van der Waals surface area contributed by atoms with Gasteiger partial charge < -0.3 is 19.8 Å². The molecule has 2 N–H and O–H groups in total. The number of rotatable bonds is 7. The molecule has 1 aliphatic carbocycles. The minimum absolute atomic E-state index is 0.0378. The predicted molar refractivity (Wildman–Crippen MR) is 132 cm³/mol. The lowest BCUT2D eigenvalue weighted by Crippen LogP contribution is -2.59. The number of carbonyl (C=O) groups excluding carboxylic acids is 1. The summed E-state index contributed by atoms with van der Waals surface area (Å²) in [5, 5.41) is 20.9. The third-order valence-corrected chi connectivity index (χ3v) is 7.57. The summed E-state index contributed by atoms with van der Waals surface area (Å²) in [5.74, 6) is 0.426. The highest BCUT2D eigenvalue weighted by molar-refractivity contribution is 6.18. The van der Waals surface area contributed by atoms with E-state index < -0.39 is 6.17 Å². The molecule has 9 nitrogen and oxygen atoms in total. The maximum atomic E-state index is 13.3. The summed E-state index contributed by atoms with van der Waals surface area (Å²) >= 11 is 6.04. The number of pyridine rings is 1. The first-order valence-corrected chi connectivity index (χ1v) is 12.2. The lowest BCUT2D eigenvalue weighted by Gasteiger charge is -2.49. The van der Waals surface area contributed by atoms with Crippen LogP contribution in [0.5, 0.6) is 0 Å². The first-order chi connectivity index (χ1) is 17.4. The number of aliphatic hydroxyl groups excluding tert-OH is 1. The van der Waals surface area contributed by atoms with Gasteiger partial charge in [-0.1, -0.05) is 17.3 Å². The van der Waals surface area contributed by atoms with Gasteiger partial charge in [0.05, 0.1) is 29.8 Å². The zero-order chi connectivity index (χ0) is 25.0. The normalized spacial score (nSPS) is 20.4. The molecule has 36 heavy (non-hydrogen) atoms. The van der Waals surface area contributed by atoms with E-state index in [9.17, 15) is 14.3 Å². The molecule has 0 spiro atoms. The van der Waals surface area contributed by atoms with Crippen LogP contribution in [0.15, 0.2) is 47.2 Å². The summed E-state index contributed by atoms with van der Waals surface area (Å²) in [6.45, 7) is 3.22. The Morgan fingerprint density at radius 1 is 1.33 bits per heavy atom. The summed E-state index contributed by atoms with van der Waals surface area (Å²) in [6, 6.07) is 9.31. The number of hydrogen-bond donors (Lipinski definition) is 2. The maximum absolute atomic E-state index is 13.3. The summed E-state index contributed by atoms with van der Waals surface area (Å²) in [7, 11) is 0. The van der Waals surface area contributed by atoms with Crippen molar-refractivity contribution < 1.29 is 18.8 Å². The van der Waals surface area contributed by atoms with Crippen LogP contribution in [0.2, 0.25) is 0 Å². The van der Waals surface area contributed by atoms with Crippen molar-refractivity contribution in [3.05, 3.63) is 59.7 Å². The number of alkyl halides is 2. The molecule has 3 aromatic heterocycles. The van der Waals surface area contributed by atoms with Crippen molar-refractivity contribution >= 4 is 34.4 Å². The Morgan fingerprint density at radius 3 is 2.86 bits per heavy atom. The number of carbonyl (C=O) groups is 1. The van der Waals surface area contributed by atoms with Crippen LogP contribution >= 0.6 is 11.6 Å². The van der Waals surface area contributed by atoms with E-state index in [1.54, 1.807) is 10.6 Å². The quantitative estimate of drug-likeness (QED) is 0.364. The molecule has 0 unspecified atom stereocenters. The number of amides is 1. The second-order valence-corrected chi connectivity index (χ2v) is 9.99. The molecule has 2 fully saturated rings. The average molecular weight is 511 g/mol. The van der Waals surface area contributed by atoms with Crippen molar-refractivity contribution in [2.45, 2.75) is 25.4 Å². The van der Waals surface area contributed by atoms with Crippen LogP contribution in [0, 0.1) is 12.3 Å². The van der Waals surface area contributed by atoms with E-state index in [0.29, 0.717) is 59.4 Å². The van der Waals surface area contributed by atoms with Crippen molar-refractivity contribution in [2.75, 3.05) is 35.8 Å². The fraction of sp³-hybridized carbons (Fsp3) is 0.360. The fourth-order valence-electron chi connectivity index (χ4n) is 4.52. The van der Waals surface area contributed by atoms with Gasteiger partial charge in [-0.05, 0) is 37.1 Å². The van der Waals surface area contributed by atoms with Gasteiger partial charge in [-0.25, -0.2) is 8.91 Å². The molecule has 6 rings (SSSR count). The van der Waals surface area contributed by atoms with Crippen LogP contribution in [0.3, 0.4) is 0 Å². The Balaban J connectivity index is 1.23. The van der Waals surface area contributed by atoms with E-state index in [2.05, 4.69) is 25.5 Å². The van der Waals surface area contributed by atoms with Crippen molar-refractivity contribution in [1.82, 2.24) is 19.8 Å². The molecule has 1 aliphatic heterocycles. The van der Waals surface area contributed by atoms with Crippen LogP contribution in [-0.2, 0) is 0 Å². The molecule has 0 radical (unpaired) electrons. The molecule has 2 atom stereocenters. The number of benzene rings is 1. The van der Waals surface area contributed by atoms with Crippen molar-refractivity contribution in [3.8, 4) is 11.4 Å². The number of aromatic nitrogens is 4. The summed E-state index contributed by atoms with van der Waals surface area (Å²) in [4.78, 5) is 19.7. The Labute approximate surface area is 210 Å². The summed E-state index contributed by atoms with van der Waals surface area (Å²) in [5.41, 5.74) is 3.86. The minimum Gasteiger partial charge on any atom is -0.396 e. The smallest absolute Gasteiger partial charge is 0.259 e. The topological polar surface area (TPSA) is 109 Å². The van der Waals surface area contributed by atoms with Gasteiger partial charge in [0.25, 0.3) is 5.91 Å². The molecule has 4 aromatic rings. The van der Waals surface area contributed by atoms with Gasteiger partial charge in [0.2, 0.25) is 11.7 Å². The molecule has 1 aromatic carbocycles. The average Bonchev–Trinajstić information content (AvgIpc) is 3.24. The molecule has 4 heterocycles. The molecular formula is C25H24ClFN6O3. The number of hydrogen-bond acceptors (Lipinski definition) is 7. The van der Waals surface area contributed by atoms with E-state index in [1.165, 1.54) is 6.20 Å². The van der Waals surface area contributed by atoms with Crippen molar-refractivity contribution in [2.24, 2.45) is 5.41 Å². The number of aryl methyl sites for hydroxylation is 1. The van der Waals surface area contributed by atoms with E-state index in [4.69, 9.17) is 16.1 Å². The molecule has 1 amide bonds. The molecule has 186 valence electrons. The lowest BCUT2D eigenvalue weighted by molar-refractivity contribution is 0.102. The standard InChI is InChI=1S/C25H24ClFN6O3/c1-14-2-3-15(22-30-24(36-31-22)17-8-19(17)27)6-20(14)29-23(35)18-9-28-33-5-4-16(7-21(18)33)32-11-25(10-26,12-32)13-34/h2-7,9,17,19,34H,8,10-13H2,1H3,(H,29,35)/t17-,19-/m0/s1. The maximum Gasteiger partial charge on any atom is 0.259 e. The third-order valence-electron chi connectivity index (χ3n) is 7.00. The summed E-state index contributed by atoms with van der Waals surface area (Å²) in [6.07, 6.45) is 2.83. The van der Waals surface area contributed by atoms with E-state index >= 15 is 0 Å². The minimum atomic E-state index is -0.920. The number of fused-ring (bicyclic) bond motifs is 1. The van der Waals surface area contributed by atoms with Gasteiger partial charge in [0, 0.05) is 47.5 Å².